The van der Waals surface area contributed by atoms with Crippen LogP contribution >= 0.6 is 0 Å². The molecule has 0 saturated carbocycles. The molecule has 0 saturated heterocycles. The Hall–Kier alpha value is -2.13. The minimum atomic E-state index is -0.264. The van der Waals surface area contributed by atoms with Gasteiger partial charge in [-0.3, -0.25) is 10.1 Å². The normalized spacial score (nSPS) is 13.5. The molecule has 0 heterocycles. The molecule has 0 bridgehead atoms. The fourth-order valence-electron chi connectivity index (χ4n) is 2.46. The molecule has 1 amide bonds. The predicted molar refractivity (Wildman–Crippen MR) is 86.1 cm³/mol. The van der Waals surface area contributed by atoms with Crippen molar-refractivity contribution in [2.24, 2.45) is 0 Å². The SMILES string of the molecule is CNC(=O)C(C)NC(c1ccccc1)c1ccccc1C. The van der Waals surface area contributed by atoms with Gasteiger partial charge < -0.3 is 5.32 Å². The third-order valence-corrected chi connectivity index (χ3v) is 3.69. The van der Waals surface area contributed by atoms with Crippen molar-refractivity contribution in [3.63, 3.8) is 0 Å². The fraction of sp³-hybridized carbons (Fsp3) is 0.278. The largest absolute Gasteiger partial charge is 0.358 e. The van der Waals surface area contributed by atoms with Crippen molar-refractivity contribution < 1.29 is 4.79 Å². The molecular formula is C18H22N2O. The topological polar surface area (TPSA) is 41.1 Å². The molecule has 0 radical (unpaired) electrons. The molecule has 0 fully saturated rings. The van der Waals surface area contributed by atoms with Crippen LogP contribution in [-0.2, 0) is 4.79 Å². The Morgan fingerprint density at radius 3 is 2.24 bits per heavy atom. The summed E-state index contributed by atoms with van der Waals surface area (Å²) in [5.41, 5.74) is 3.56. The highest BCUT2D eigenvalue weighted by molar-refractivity contribution is 5.81. The summed E-state index contributed by atoms with van der Waals surface area (Å²) in [5.74, 6) is -0.00971. The van der Waals surface area contributed by atoms with Gasteiger partial charge in [-0.15, -0.1) is 0 Å². The van der Waals surface area contributed by atoms with Gasteiger partial charge in [-0.25, -0.2) is 0 Å². The molecule has 3 heteroatoms. The van der Waals surface area contributed by atoms with E-state index in [9.17, 15) is 4.79 Å². The highest BCUT2D eigenvalue weighted by Crippen LogP contribution is 2.25. The molecule has 3 nitrogen and oxygen atoms in total. The summed E-state index contributed by atoms with van der Waals surface area (Å²) in [6, 6.07) is 18.2. The molecule has 2 unspecified atom stereocenters. The third-order valence-electron chi connectivity index (χ3n) is 3.69. The van der Waals surface area contributed by atoms with E-state index in [-0.39, 0.29) is 18.0 Å². The van der Waals surface area contributed by atoms with Crippen molar-refractivity contribution in [1.82, 2.24) is 10.6 Å². The number of amides is 1. The van der Waals surface area contributed by atoms with E-state index in [1.165, 1.54) is 11.1 Å². The van der Waals surface area contributed by atoms with Gasteiger partial charge in [0, 0.05) is 7.05 Å². The first-order valence-electron chi connectivity index (χ1n) is 7.21. The Bertz CT molecular complexity index is 595. The minimum Gasteiger partial charge on any atom is -0.358 e. The summed E-state index contributed by atoms with van der Waals surface area (Å²) in [6.07, 6.45) is 0. The van der Waals surface area contributed by atoms with Crippen molar-refractivity contribution in [2.45, 2.75) is 25.9 Å². The van der Waals surface area contributed by atoms with Crippen molar-refractivity contribution in [1.29, 1.82) is 0 Å². The lowest BCUT2D eigenvalue weighted by atomic mass is 9.94. The molecule has 21 heavy (non-hydrogen) atoms. The molecule has 0 aliphatic carbocycles. The second-order valence-electron chi connectivity index (χ2n) is 5.20. The molecule has 2 N–H and O–H groups in total. The smallest absolute Gasteiger partial charge is 0.236 e. The molecule has 2 atom stereocenters. The number of hydrogen-bond donors (Lipinski definition) is 2. The maximum atomic E-state index is 11.8. The monoisotopic (exact) mass is 282 g/mol. The van der Waals surface area contributed by atoms with Crippen LogP contribution in [-0.4, -0.2) is 19.0 Å². The van der Waals surface area contributed by atoms with Crippen LogP contribution in [0.5, 0.6) is 0 Å². The van der Waals surface area contributed by atoms with Gasteiger partial charge in [0.05, 0.1) is 12.1 Å². The quantitative estimate of drug-likeness (QED) is 0.885. The van der Waals surface area contributed by atoms with E-state index in [0.29, 0.717) is 0 Å². The van der Waals surface area contributed by atoms with Crippen LogP contribution in [0.1, 0.15) is 29.7 Å². The molecule has 0 spiro atoms. The first-order chi connectivity index (χ1) is 10.1. The van der Waals surface area contributed by atoms with Crippen LogP contribution in [0.15, 0.2) is 54.6 Å². The van der Waals surface area contributed by atoms with E-state index in [4.69, 9.17) is 0 Å². The second-order valence-corrected chi connectivity index (χ2v) is 5.20. The first kappa shape index (κ1) is 15.3. The van der Waals surface area contributed by atoms with Gasteiger partial charge >= 0.3 is 0 Å². The van der Waals surface area contributed by atoms with E-state index in [1.54, 1.807) is 7.05 Å². The van der Waals surface area contributed by atoms with Gasteiger partial charge in [-0.1, -0.05) is 54.6 Å². The van der Waals surface area contributed by atoms with Crippen LogP contribution in [0.25, 0.3) is 0 Å². The molecular weight excluding hydrogens is 260 g/mol. The van der Waals surface area contributed by atoms with Gasteiger partial charge in [-0.05, 0) is 30.5 Å². The van der Waals surface area contributed by atoms with Crippen LogP contribution in [0.2, 0.25) is 0 Å². The Morgan fingerprint density at radius 2 is 1.62 bits per heavy atom. The minimum absolute atomic E-state index is 0.000278. The molecule has 0 aliphatic heterocycles. The zero-order valence-electron chi connectivity index (χ0n) is 12.8. The number of carbonyl (C=O) groups is 1. The van der Waals surface area contributed by atoms with Crippen LogP contribution < -0.4 is 10.6 Å². The molecule has 0 aliphatic rings. The highest BCUT2D eigenvalue weighted by Gasteiger charge is 2.20. The standard InChI is InChI=1S/C18H22N2O/c1-13-9-7-8-12-16(13)17(15-10-5-4-6-11-15)20-14(2)18(21)19-3/h4-12,14,17,20H,1-3H3,(H,19,21). The first-order valence-corrected chi connectivity index (χ1v) is 7.21. The summed E-state index contributed by atoms with van der Waals surface area (Å²) in [6.45, 7) is 3.98. The highest BCUT2D eigenvalue weighted by atomic mass is 16.2. The Balaban J connectivity index is 2.36. The lowest BCUT2D eigenvalue weighted by molar-refractivity contribution is -0.122. The molecule has 2 rings (SSSR count). The van der Waals surface area contributed by atoms with Crippen molar-refractivity contribution in [3.05, 3.63) is 71.3 Å². The van der Waals surface area contributed by atoms with Crippen LogP contribution in [0.4, 0.5) is 0 Å². The second kappa shape index (κ2) is 7.04. The third kappa shape index (κ3) is 3.70. The number of nitrogens with one attached hydrogen (secondary N) is 2. The van der Waals surface area contributed by atoms with Gasteiger partial charge in [-0.2, -0.15) is 0 Å². The van der Waals surface area contributed by atoms with Gasteiger partial charge in [0.1, 0.15) is 0 Å². The number of hydrogen-bond acceptors (Lipinski definition) is 2. The van der Waals surface area contributed by atoms with Crippen LogP contribution in [0, 0.1) is 6.92 Å². The number of likely N-dealkylation sites (N-methyl/N-ethyl adjacent to an activating group) is 1. The Kier molecular flexibility index (Phi) is 5.12. The predicted octanol–water partition coefficient (Wildman–Crippen LogP) is 2.81. The number of rotatable bonds is 5. The Morgan fingerprint density at radius 1 is 1.00 bits per heavy atom. The van der Waals surface area contributed by atoms with Crippen molar-refractivity contribution >= 4 is 5.91 Å². The van der Waals surface area contributed by atoms with E-state index < -0.39 is 0 Å². The molecule has 2 aromatic rings. The maximum absolute atomic E-state index is 11.8. The lowest BCUT2D eigenvalue weighted by Crippen LogP contribution is -2.42. The van der Waals surface area contributed by atoms with Gasteiger partial charge in [0.25, 0.3) is 0 Å². The van der Waals surface area contributed by atoms with E-state index in [2.05, 4.69) is 41.8 Å². The number of benzene rings is 2. The maximum Gasteiger partial charge on any atom is 0.236 e. The summed E-state index contributed by atoms with van der Waals surface area (Å²) < 4.78 is 0. The summed E-state index contributed by atoms with van der Waals surface area (Å²) >= 11 is 0. The average molecular weight is 282 g/mol. The lowest BCUT2D eigenvalue weighted by Gasteiger charge is -2.25. The van der Waals surface area contributed by atoms with E-state index in [0.717, 1.165) is 5.56 Å². The Labute approximate surface area is 126 Å². The van der Waals surface area contributed by atoms with Crippen LogP contribution in [0.3, 0.4) is 0 Å². The molecule has 110 valence electrons. The van der Waals surface area contributed by atoms with Gasteiger partial charge in [0.15, 0.2) is 0 Å². The van der Waals surface area contributed by atoms with Crippen molar-refractivity contribution in [3.8, 4) is 0 Å². The summed E-state index contributed by atoms with van der Waals surface area (Å²) in [7, 11) is 1.66. The number of aryl methyl sites for hydroxylation is 1. The molecule has 0 aromatic heterocycles. The van der Waals surface area contributed by atoms with E-state index >= 15 is 0 Å². The average Bonchev–Trinajstić information content (AvgIpc) is 2.53. The zero-order valence-corrected chi connectivity index (χ0v) is 12.8. The number of carbonyl (C=O) groups excluding carboxylic acids is 1. The fourth-order valence-corrected chi connectivity index (χ4v) is 2.46. The molecule has 2 aromatic carbocycles. The van der Waals surface area contributed by atoms with Crippen molar-refractivity contribution in [2.75, 3.05) is 7.05 Å². The summed E-state index contributed by atoms with van der Waals surface area (Å²) in [4.78, 5) is 11.8. The van der Waals surface area contributed by atoms with E-state index in [1.807, 2.05) is 37.3 Å². The zero-order chi connectivity index (χ0) is 15.2. The summed E-state index contributed by atoms with van der Waals surface area (Å²) in [5, 5.41) is 6.12. The van der Waals surface area contributed by atoms with Gasteiger partial charge in [0.2, 0.25) is 5.91 Å².